The fraction of sp³-hybridized carbons (Fsp3) is 0.600. The summed E-state index contributed by atoms with van der Waals surface area (Å²) in [5.74, 6) is -0.497. The maximum Gasteiger partial charge on any atom is 0.257 e. The van der Waals surface area contributed by atoms with Crippen LogP contribution in [0.5, 0.6) is 0 Å². The lowest BCUT2D eigenvalue weighted by Crippen LogP contribution is -2.59. The van der Waals surface area contributed by atoms with Gasteiger partial charge in [-0.05, 0) is 24.8 Å². The molecular formula is C25H36N4O3. The third-order valence-corrected chi connectivity index (χ3v) is 5.73. The van der Waals surface area contributed by atoms with Crippen LogP contribution in [0.15, 0.2) is 24.4 Å². The number of rotatable bonds is 10. The number of ether oxygens (including phenoxy) is 1. The summed E-state index contributed by atoms with van der Waals surface area (Å²) < 4.78 is 5.53. The van der Waals surface area contributed by atoms with Crippen molar-refractivity contribution < 1.29 is 14.3 Å². The van der Waals surface area contributed by atoms with Crippen molar-refractivity contribution >= 4 is 11.8 Å². The van der Waals surface area contributed by atoms with E-state index in [1.165, 1.54) is 4.90 Å². The Hall–Kier alpha value is -2.72. The Labute approximate surface area is 191 Å². The first-order chi connectivity index (χ1) is 15.3. The first kappa shape index (κ1) is 25.5. The molecule has 1 N–H and O–H groups in total. The molecule has 1 unspecified atom stereocenters. The Morgan fingerprint density at radius 1 is 1.31 bits per heavy atom. The van der Waals surface area contributed by atoms with Gasteiger partial charge in [-0.3, -0.25) is 14.6 Å². The number of aromatic nitrogens is 1. The summed E-state index contributed by atoms with van der Waals surface area (Å²) in [6, 6.07) is 3.32. The molecule has 0 spiro atoms. The fourth-order valence-electron chi connectivity index (χ4n) is 4.21. The average Bonchev–Trinajstić information content (AvgIpc) is 2.80. The van der Waals surface area contributed by atoms with Gasteiger partial charge in [-0.25, -0.2) is 0 Å². The minimum atomic E-state index is -1.11. The molecule has 32 heavy (non-hydrogen) atoms. The molecule has 1 aliphatic rings. The van der Waals surface area contributed by atoms with E-state index < -0.39 is 11.6 Å². The molecule has 0 bridgehead atoms. The number of hydrogen-bond donors (Lipinski definition) is 1. The van der Waals surface area contributed by atoms with Gasteiger partial charge in [-0.2, -0.15) is 5.26 Å². The molecule has 2 rings (SSSR count). The Morgan fingerprint density at radius 2 is 2.00 bits per heavy atom. The molecular weight excluding hydrogens is 404 g/mol. The molecule has 174 valence electrons. The zero-order valence-corrected chi connectivity index (χ0v) is 20.0. The van der Waals surface area contributed by atoms with Crippen LogP contribution in [-0.4, -0.2) is 46.9 Å². The monoisotopic (exact) mass is 440 g/mol. The Balaban J connectivity index is 2.66. The molecule has 1 aliphatic heterocycles. The van der Waals surface area contributed by atoms with Gasteiger partial charge in [0.05, 0.1) is 24.8 Å². The van der Waals surface area contributed by atoms with E-state index in [0.29, 0.717) is 50.9 Å². The van der Waals surface area contributed by atoms with E-state index in [4.69, 9.17) is 4.74 Å². The van der Waals surface area contributed by atoms with Crippen LogP contribution in [-0.2, 0) is 22.6 Å². The molecule has 0 aromatic carbocycles. The van der Waals surface area contributed by atoms with Crippen LogP contribution in [0.3, 0.4) is 0 Å². The summed E-state index contributed by atoms with van der Waals surface area (Å²) in [5.41, 5.74) is 1.07. The van der Waals surface area contributed by atoms with Crippen LogP contribution in [0.4, 0.5) is 0 Å². The van der Waals surface area contributed by atoms with Crippen molar-refractivity contribution in [2.45, 2.75) is 78.0 Å². The standard InChI is InChI=1S/C25H36N4O3/c1-6-11-25(17-26,12-7-2)29(22(23(30)27-5)9-8-18(3)4)24(31)19-14-20-16-32-13-10-21(20)28-15-19/h8-9,14-15,18,22H,6-7,10-13,16H2,1-5H3,(H,27,30)/b9-8+. The summed E-state index contributed by atoms with van der Waals surface area (Å²) in [7, 11) is 1.55. The second-order valence-corrected chi connectivity index (χ2v) is 8.64. The number of allylic oxidation sites excluding steroid dienone is 1. The van der Waals surface area contributed by atoms with Crippen molar-refractivity contribution in [2.75, 3.05) is 13.7 Å². The second-order valence-electron chi connectivity index (χ2n) is 8.64. The molecule has 1 atom stereocenters. The number of carbonyl (C=O) groups is 2. The molecule has 1 aromatic heterocycles. The van der Waals surface area contributed by atoms with Gasteiger partial charge in [-0.15, -0.1) is 0 Å². The number of likely N-dealkylation sites (N-methyl/N-ethyl adjacent to an activating group) is 1. The van der Waals surface area contributed by atoms with Gasteiger partial charge in [0, 0.05) is 30.9 Å². The van der Waals surface area contributed by atoms with Crippen molar-refractivity contribution in [3.05, 3.63) is 41.2 Å². The van der Waals surface area contributed by atoms with E-state index in [0.717, 1.165) is 11.3 Å². The topological polar surface area (TPSA) is 95.3 Å². The highest BCUT2D eigenvalue weighted by molar-refractivity contribution is 5.99. The van der Waals surface area contributed by atoms with Gasteiger partial charge in [0.25, 0.3) is 5.91 Å². The SMILES string of the molecule is CCCC(C#N)(CCC)N(C(=O)c1cnc2c(c1)COCC2)C(/C=C/C(C)C)C(=O)NC. The number of pyridine rings is 1. The van der Waals surface area contributed by atoms with E-state index in [2.05, 4.69) is 16.4 Å². The zero-order valence-electron chi connectivity index (χ0n) is 20.0. The molecule has 0 aliphatic carbocycles. The predicted octanol–water partition coefficient (Wildman–Crippen LogP) is 3.79. The van der Waals surface area contributed by atoms with Crippen LogP contribution in [0.2, 0.25) is 0 Å². The van der Waals surface area contributed by atoms with Crippen LogP contribution in [0.1, 0.15) is 75.0 Å². The highest BCUT2D eigenvalue weighted by atomic mass is 16.5. The lowest BCUT2D eigenvalue weighted by Gasteiger charge is -2.42. The molecule has 0 fully saturated rings. The van der Waals surface area contributed by atoms with E-state index in [1.807, 2.05) is 33.8 Å². The largest absolute Gasteiger partial charge is 0.376 e. The van der Waals surface area contributed by atoms with E-state index in [-0.39, 0.29) is 17.7 Å². The lowest BCUT2D eigenvalue weighted by atomic mass is 9.85. The van der Waals surface area contributed by atoms with Gasteiger partial charge < -0.3 is 15.0 Å². The maximum absolute atomic E-state index is 14.0. The molecule has 7 heteroatoms. The van der Waals surface area contributed by atoms with Gasteiger partial charge in [0.15, 0.2) is 0 Å². The van der Waals surface area contributed by atoms with Crippen molar-refractivity contribution in [3.63, 3.8) is 0 Å². The highest BCUT2D eigenvalue weighted by Gasteiger charge is 2.44. The smallest absolute Gasteiger partial charge is 0.257 e. The maximum atomic E-state index is 14.0. The van der Waals surface area contributed by atoms with Gasteiger partial charge in [0.1, 0.15) is 11.6 Å². The van der Waals surface area contributed by atoms with Crippen LogP contribution in [0, 0.1) is 17.2 Å². The first-order valence-electron chi connectivity index (χ1n) is 11.5. The summed E-state index contributed by atoms with van der Waals surface area (Å²) in [6.07, 6.45) is 8.30. The van der Waals surface area contributed by atoms with Gasteiger partial charge >= 0.3 is 0 Å². The van der Waals surface area contributed by atoms with Crippen molar-refractivity contribution in [1.29, 1.82) is 5.26 Å². The Morgan fingerprint density at radius 3 is 2.56 bits per heavy atom. The van der Waals surface area contributed by atoms with Gasteiger partial charge in [0.2, 0.25) is 5.91 Å². The molecule has 0 radical (unpaired) electrons. The Kier molecular flexibility index (Phi) is 9.40. The predicted molar refractivity (Wildman–Crippen MR) is 124 cm³/mol. The number of amides is 2. The van der Waals surface area contributed by atoms with Crippen LogP contribution in [0.25, 0.3) is 0 Å². The number of nitriles is 1. The summed E-state index contributed by atoms with van der Waals surface area (Å²) in [5, 5.41) is 13.0. The van der Waals surface area contributed by atoms with Crippen molar-refractivity contribution in [3.8, 4) is 6.07 Å². The third-order valence-electron chi connectivity index (χ3n) is 5.73. The van der Waals surface area contributed by atoms with Crippen molar-refractivity contribution in [2.24, 2.45) is 5.92 Å². The number of carbonyl (C=O) groups excluding carboxylic acids is 2. The second kappa shape index (κ2) is 11.8. The average molecular weight is 441 g/mol. The fourth-order valence-corrected chi connectivity index (χ4v) is 4.21. The van der Waals surface area contributed by atoms with Gasteiger partial charge in [-0.1, -0.05) is 52.7 Å². The minimum Gasteiger partial charge on any atom is -0.376 e. The summed E-state index contributed by atoms with van der Waals surface area (Å²) >= 11 is 0. The molecule has 1 aromatic rings. The quantitative estimate of drug-likeness (QED) is 0.559. The summed E-state index contributed by atoms with van der Waals surface area (Å²) in [6.45, 7) is 9.01. The molecule has 2 heterocycles. The van der Waals surface area contributed by atoms with E-state index >= 15 is 0 Å². The number of fused-ring (bicyclic) bond motifs is 1. The van der Waals surface area contributed by atoms with Crippen LogP contribution >= 0.6 is 0 Å². The normalized spacial score (nSPS) is 14.7. The molecule has 7 nitrogen and oxygen atoms in total. The van der Waals surface area contributed by atoms with E-state index in [9.17, 15) is 14.9 Å². The first-order valence-corrected chi connectivity index (χ1v) is 11.5. The third kappa shape index (κ3) is 5.74. The number of nitrogens with zero attached hydrogens (tertiary/aromatic N) is 3. The molecule has 0 saturated heterocycles. The zero-order chi connectivity index (χ0) is 23.7. The van der Waals surface area contributed by atoms with Crippen molar-refractivity contribution in [1.82, 2.24) is 15.2 Å². The van der Waals surface area contributed by atoms with E-state index in [1.54, 1.807) is 25.4 Å². The molecule has 0 saturated carbocycles. The Bertz CT molecular complexity index is 866. The highest BCUT2D eigenvalue weighted by Crippen LogP contribution is 2.32. The number of nitrogens with one attached hydrogen (secondary N) is 1. The summed E-state index contributed by atoms with van der Waals surface area (Å²) in [4.78, 5) is 33.0. The molecule has 2 amide bonds. The number of hydrogen-bond acceptors (Lipinski definition) is 5. The lowest BCUT2D eigenvalue weighted by molar-refractivity contribution is -0.125. The minimum absolute atomic E-state index is 0.190. The van der Waals surface area contributed by atoms with Crippen LogP contribution < -0.4 is 5.32 Å².